The number of aryl methyl sites for hydroxylation is 1. The number of aliphatic carboxylic acids is 1. The van der Waals surface area contributed by atoms with Crippen molar-refractivity contribution in [1.82, 2.24) is 20.1 Å². The lowest BCUT2D eigenvalue weighted by Gasteiger charge is -2.18. The van der Waals surface area contributed by atoms with Crippen LogP contribution in [0.4, 0.5) is 0 Å². The number of benzene rings is 2. The number of thiophene rings is 1. The van der Waals surface area contributed by atoms with Gasteiger partial charge in [0.15, 0.2) is 11.6 Å². The quantitative estimate of drug-likeness (QED) is 0.269. The lowest BCUT2D eigenvalue weighted by Crippen LogP contribution is -2.32. The molecule has 194 valence electrons. The van der Waals surface area contributed by atoms with E-state index in [2.05, 4.69) is 28.5 Å². The predicted molar refractivity (Wildman–Crippen MR) is 148 cm³/mol. The molecule has 0 radical (unpaired) electrons. The average molecular weight is 589 g/mol. The van der Waals surface area contributed by atoms with Crippen LogP contribution in [0, 0.1) is 0 Å². The zero-order valence-corrected chi connectivity index (χ0v) is 23.0. The molecule has 12 heteroatoms. The van der Waals surface area contributed by atoms with E-state index in [4.69, 9.17) is 39.8 Å². The molecule has 4 aromatic rings. The molecule has 0 unspecified atom stereocenters. The SMILES string of the molecule is CCc1cc2c(s1)-n1c(nnc1[C@@H](CC(=O)O)NC(=O)c1ccc(Cl)c(Cl)c1)CN=C2c1ccccc1Cl. The lowest BCUT2D eigenvalue weighted by atomic mass is 10.0. The Morgan fingerprint density at radius 2 is 1.84 bits per heavy atom. The molecule has 1 atom stereocenters. The standard InChI is InChI=1S/C26H20Cl3N5O3S/c1-2-14-10-16-23(15-5-3-4-6-17(15)27)30-12-21-32-33-24(34(21)26(16)38-14)20(11-22(35)36)31-25(37)13-7-8-18(28)19(29)9-13/h3-10,20H,2,11-12H2,1H3,(H,31,37)(H,35,36)/t20-/m1/s1. The topological polar surface area (TPSA) is 109 Å². The Balaban J connectivity index is 1.60. The van der Waals surface area contributed by atoms with Gasteiger partial charge in [-0.25, -0.2) is 0 Å². The zero-order valence-electron chi connectivity index (χ0n) is 19.9. The maximum absolute atomic E-state index is 13.1. The minimum Gasteiger partial charge on any atom is -0.481 e. The number of halogens is 3. The van der Waals surface area contributed by atoms with Crippen molar-refractivity contribution in [3.63, 3.8) is 0 Å². The van der Waals surface area contributed by atoms with Crippen LogP contribution in [-0.4, -0.2) is 37.5 Å². The Morgan fingerprint density at radius 3 is 2.55 bits per heavy atom. The van der Waals surface area contributed by atoms with Crippen LogP contribution in [0.1, 0.15) is 57.4 Å². The van der Waals surface area contributed by atoms with Crippen molar-refractivity contribution >= 4 is 63.7 Å². The molecule has 2 aromatic carbocycles. The van der Waals surface area contributed by atoms with Gasteiger partial charge in [-0.05, 0) is 36.8 Å². The van der Waals surface area contributed by atoms with E-state index < -0.39 is 24.3 Å². The number of carboxylic acids is 1. The van der Waals surface area contributed by atoms with Crippen molar-refractivity contribution in [3.05, 3.63) is 96.8 Å². The van der Waals surface area contributed by atoms with Gasteiger partial charge in [-0.3, -0.25) is 19.1 Å². The van der Waals surface area contributed by atoms with Crippen molar-refractivity contribution in [2.45, 2.75) is 32.4 Å². The summed E-state index contributed by atoms with van der Waals surface area (Å²) in [4.78, 5) is 30.9. The normalized spacial score (nSPS) is 13.2. The zero-order chi connectivity index (χ0) is 27.0. The number of aliphatic imine (C=N–C) groups is 1. The summed E-state index contributed by atoms with van der Waals surface area (Å²) in [6, 6.07) is 13.0. The van der Waals surface area contributed by atoms with Crippen LogP contribution in [0.15, 0.2) is 53.5 Å². The molecular weight excluding hydrogens is 569 g/mol. The summed E-state index contributed by atoms with van der Waals surface area (Å²) >= 11 is 20.1. The monoisotopic (exact) mass is 587 g/mol. The molecule has 0 saturated carbocycles. The average Bonchev–Trinajstić information content (AvgIpc) is 3.47. The Kier molecular flexibility index (Phi) is 7.54. The second-order valence-corrected chi connectivity index (χ2v) is 10.8. The van der Waals surface area contributed by atoms with Crippen LogP contribution in [-0.2, 0) is 17.8 Å². The highest BCUT2D eigenvalue weighted by atomic mass is 35.5. The molecule has 1 amide bonds. The molecule has 1 aliphatic rings. The number of aromatic nitrogens is 3. The second-order valence-electron chi connectivity index (χ2n) is 8.49. The van der Waals surface area contributed by atoms with Crippen molar-refractivity contribution < 1.29 is 14.7 Å². The number of carbonyl (C=O) groups excluding carboxylic acids is 1. The summed E-state index contributed by atoms with van der Waals surface area (Å²) in [5.74, 6) is -0.817. The van der Waals surface area contributed by atoms with Gasteiger partial charge < -0.3 is 10.4 Å². The fourth-order valence-corrected chi connectivity index (χ4v) is 5.85. The molecule has 0 aliphatic carbocycles. The van der Waals surface area contributed by atoms with Crippen molar-refractivity contribution in [3.8, 4) is 5.00 Å². The first kappa shape index (κ1) is 26.4. The molecule has 0 fully saturated rings. The first-order valence-electron chi connectivity index (χ1n) is 11.6. The third-order valence-electron chi connectivity index (χ3n) is 6.01. The lowest BCUT2D eigenvalue weighted by molar-refractivity contribution is -0.137. The number of hydrogen-bond acceptors (Lipinski definition) is 6. The molecule has 5 rings (SSSR count). The fraction of sp³-hybridized carbons (Fsp3) is 0.192. The van der Waals surface area contributed by atoms with Crippen molar-refractivity contribution in [2.75, 3.05) is 0 Å². The summed E-state index contributed by atoms with van der Waals surface area (Å²) in [6.07, 6.45) is 0.373. The van der Waals surface area contributed by atoms with Gasteiger partial charge in [0.1, 0.15) is 17.6 Å². The highest BCUT2D eigenvalue weighted by molar-refractivity contribution is 7.15. The van der Waals surface area contributed by atoms with Crippen molar-refractivity contribution in [2.24, 2.45) is 4.99 Å². The van der Waals surface area contributed by atoms with Crippen LogP contribution in [0.5, 0.6) is 0 Å². The summed E-state index contributed by atoms with van der Waals surface area (Å²) in [5, 5.41) is 23.0. The Morgan fingerprint density at radius 1 is 1.05 bits per heavy atom. The molecule has 3 heterocycles. The largest absolute Gasteiger partial charge is 0.481 e. The Hall–Kier alpha value is -3.24. The molecule has 0 bridgehead atoms. The van der Waals surface area contributed by atoms with E-state index in [9.17, 15) is 14.7 Å². The summed E-state index contributed by atoms with van der Waals surface area (Å²) < 4.78 is 1.80. The maximum Gasteiger partial charge on any atom is 0.305 e. The fourth-order valence-electron chi connectivity index (χ4n) is 4.20. The first-order valence-corrected chi connectivity index (χ1v) is 13.6. The minimum atomic E-state index is -1.11. The van der Waals surface area contributed by atoms with E-state index in [1.807, 2.05) is 24.3 Å². The Bertz CT molecular complexity index is 1600. The van der Waals surface area contributed by atoms with E-state index in [0.29, 0.717) is 21.6 Å². The van der Waals surface area contributed by atoms with Crippen LogP contribution in [0.2, 0.25) is 15.1 Å². The van der Waals surface area contributed by atoms with Gasteiger partial charge in [-0.2, -0.15) is 0 Å². The van der Waals surface area contributed by atoms with Crippen LogP contribution < -0.4 is 5.32 Å². The third-order valence-corrected chi connectivity index (χ3v) is 8.34. The Labute approximate surface area is 236 Å². The van der Waals surface area contributed by atoms with Gasteiger partial charge in [0.05, 0.1) is 22.2 Å². The molecule has 2 N–H and O–H groups in total. The summed E-state index contributed by atoms with van der Waals surface area (Å²) in [5.41, 5.74) is 2.57. The maximum atomic E-state index is 13.1. The molecule has 0 spiro atoms. The smallest absolute Gasteiger partial charge is 0.305 e. The number of amides is 1. The molecule has 1 aliphatic heterocycles. The summed E-state index contributed by atoms with van der Waals surface area (Å²) in [6.45, 7) is 2.24. The van der Waals surface area contributed by atoms with E-state index in [-0.39, 0.29) is 23.0 Å². The molecule has 8 nitrogen and oxygen atoms in total. The van der Waals surface area contributed by atoms with E-state index in [1.165, 1.54) is 29.5 Å². The van der Waals surface area contributed by atoms with Gasteiger partial charge in [0, 0.05) is 26.6 Å². The van der Waals surface area contributed by atoms with E-state index >= 15 is 0 Å². The van der Waals surface area contributed by atoms with Crippen LogP contribution >= 0.6 is 46.1 Å². The number of rotatable bonds is 7. The van der Waals surface area contributed by atoms with Gasteiger partial charge in [-0.1, -0.05) is 59.9 Å². The number of carboxylic acid groups (broad SMARTS) is 1. The van der Waals surface area contributed by atoms with Gasteiger partial charge >= 0.3 is 5.97 Å². The number of hydrogen-bond donors (Lipinski definition) is 2. The molecule has 2 aromatic heterocycles. The van der Waals surface area contributed by atoms with Crippen LogP contribution in [0.25, 0.3) is 5.00 Å². The van der Waals surface area contributed by atoms with E-state index in [1.54, 1.807) is 4.57 Å². The number of carbonyl (C=O) groups is 2. The van der Waals surface area contributed by atoms with Gasteiger partial charge in [0.2, 0.25) is 0 Å². The molecule has 38 heavy (non-hydrogen) atoms. The van der Waals surface area contributed by atoms with Gasteiger partial charge in [0.25, 0.3) is 5.91 Å². The summed E-state index contributed by atoms with van der Waals surface area (Å²) in [7, 11) is 0. The third kappa shape index (κ3) is 5.07. The number of nitrogens with zero attached hydrogens (tertiary/aromatic N) is 4. The van der Waals surface area contributed by atoms with Crippen molar-refractivity contribution in [1.29, 1.82) is 0 Å². The molecule has 0 saturated heterocycles. The minimum absolute atomic E-state index is 0.191. The highest BCUT2D eigenvalue weighted by Crippen LogP contribution is 2.36. The molecular formula is C26H20Cl3N5O3S. The second kappa shape index (κ2) is 10.9. The van der Waals surface area contributed by atoms with E-state index in [0.717, 1.165) is 27.4 Å². The van der Waals surface area contributed by atoms with Gasteiger partial charge in [-0.15, -0.1) is 21.5 Å². The number of fused-ring (bicyclic) bond motifs is 3. The number of nitrogens with one attached hydrogen (secondary N) is 1. The first-order chi connectivity index (χ1) is 18.3. The van der Waals surface area contributed by atoms with Crippen LogP contribution in [0.3, 0.4) is 0 Å². The predicted octanol–water partition coefficient (Wildman–Crippen LogP) is 6.15. The highest BCUT2D eigenvalue weighted by Gasteiger charge is 2.31.